The van der Waals surface area contributed by atoms with Crippen LogP contribution in [0.5, 0.6) is 11.5 Å². The summed E-state index contributed by atoms with van der Waals surface area (Å²) in [5.74, 6) is -1.22. The molecule has 2 bridgehead atoms. The van der Waals surface area contributed by atoms with Crippen LogP contribution in [0, 0.1) is 11.8 Å². The lowest BCUT2D eigenvalue weighted by atomic mass is 9.70. The maximum atomic E-state index is 14.7. The molecule has 3 saturated heterocycles. The van der Waals surface area contributed by atoms with E-state index in [9.17, 15) is 19.5 Å². The number of hydrogen-bond donors (Lipinski definition) is 1. The van der Waals surface area contributed by atoms with E-state index in [1.54, 1.807) is 70.4 Å². The van der Waals surface area contributed by atoms with E-state index in [4.69, 9.17) is 14.2 Å². The Bertz CT molecular complexity index is 1430. The summed E-state index contributed by atoms with van der Waals surface area (Å²) < 4.78 is 17.6. The molecule has 3 aliphatic rings. The lowest BCUT2D eigenvalue weighted by molar-refractivity contribution is -0.140. The van der Waals surface area contributed by atoms with E-state index in [1.165, 1.54) is 0 Å². The lowest BCUT2D eigenvalue weighted by Gasteiger charge is -2.37. The topological polar surface area (TPSA) is 109 Å². The summed E-state index contributed by atoms with van der Waals surface area (Å²) in [7, 11) is 1.57. The van der Waals surface area contributed by atoms with Crippen LogP contribution in [0.3, 0.4) is 0 Å². The number of carbonyl (C=O) groups is 3. The molecule has 10 nitrogen and oxygen atoms in total. The molecule has 2 aromatic rings. The highest BCUT2D eigenvalue weighted by atomic mass is 79.9. The van der Waals surface area contributed by atoms with Gasteiger partial charge in [-0.05, 0) is 74.7 Å². The zero-order valence-corrected chi connectivity index (χ0v) is 27.9. The molecule has 46 heavy (non-hydrogen) atoms. The fourth-order valence-corrected chi connectivity index (χ4v) is 8.15. The Balaban J connectivity index is 1.54. The van der Waals surface area contributed by atoms with Gasteiger partial charge in [0.25, 0.3) is 5.91 Å². The van der Waals surface area contributed by atoms with Gasteiger partial charge in [-0.1, -0.05) is 28.1 Å². The first-order valence-electron chi connectivity index (χ1n) is 15.7. The van der Waals surface area contributed by atoms with Crippen molar-refractivity contribution in [2.75, 3.05) is 49.8 Å². The van der Waals surface area contributed by atoms with Crippen LogP contribution in [0.25, 0.3) is 0 Å². The molecule has 246 valence electrons. The molecule has 1 N–H and O–H groups in total. The normalized spacial score (nSPS) is 26.0. The van der Waals surface area contributed by atoms with Crippen molar-refractivity contribution in [3.05, 3.63) is 73.8 Å². The Morgan fingerprint density at radius 1 is 1.02 bits per heavy atom. The van der Waals surface area contributed by atoms with E-state index in [1.807, 2.05) is 19.1 Å². The highest BCUT2D eigenvalue weighted by Crippen LogP contribution is 2.60. The molecule has 6 atom stereocenters. The number of ether oxygens (including phenoxy) is 3. The number of fused-ring (bicyclic) bond motifs is 1. The predicted molar refractivity (Wildman–Crippen MR) is 179 cm³/mol. The third-order valence-electron chi connectivity index (χ3n) is 9.11. The zero-order valence-electron chi connectivity index (χ0n) is 26.3. The highest BCUT2D eigenvalue weighted by molar-refractivity contribution is 9.09. The molecule has 3 aliphatic heterocycles. The predicted octanol–water partition coefficient (Wildman–Crippen LogP) is 4.35. The van der Waals surface area contributed by atoms with Crippen LogP contribution in [-0.2, 0) is 19.1 Å². The number of benzene rings is 2. The number of aliphatic hydroxyl groups excluding tert-OH is 1. The molecule has 3 unspecified atom stereocenters. The molecular weight excluding hydrogens is 654 g/mol. The first kappa shape index (κ1) is 33.7. The number of methoxy groups -OCH3 is 1. The maximum Gasteiger partial charge on any atom is 0.253 e. The summed E-state index contributed by atoms with van der Waals surface area (Å²) in [6, 6.07) is 13.4. The smallest absolute Gasteiger partial charge is 0.253 e. The molecule has 3 heterocycles. The van der Waals surface area contributed by atoms with Crippen LogP contribution in [-0.4, -0.2) is 90.3 Å². The van der Waals surface area contributed by atoms with Crippen molar-refractivity contribution in [1.29, 1.82) is 0 Å². The molecule has 3 amide bonds. The number of unbranched alkanes of at least 4 members (excludes halogenated alkanes) is 1. The number of carbonyl (C=O) groups excluding carboxylic acids is 3. The van der Waals surface area contributed by atoms with E-state index in [2.05, 4.69) is 29.1 Å². The summed E-state index contributed by atoms with van der Waals surface area (Å²) in [6.45, 7) is 10.8. The third-order valence-corrected chi connectivity index (χ3v) is 9.96. The van der Waals surface area contributed by atoms with Crippen LogP contribution in [0.1, 0.15) is 26.2 Å². The number of anilines is 2. The van der Waals surface area contributed by atoms with E-state index in [0.29, 0.717) is 48.7 Å². The number of alkyl halides is 1. The molecule has 3 fully saturated rings. The minimum absolute atomic E-state index is 0.0363. The van der Waals surface area contributed by atoms with Crippen LogP contribution in [0.15, 0.2) is 73.8 Å². The van der Waals surface area contributed by atoms with Crippen molar-refractivity contribution in [2.24, 2.45) is 11.8 Å². The van der Waals surface area contributed by atoms with Gasteiger partial charge < -0.3 is 34.0 Å². The van der Waals surface area contributed by atoms with Crippen molar-refractivity contribution >= 4 is 45.0 Å². The molecule has 5 rings (SSSR count). The Morgan fingerprint density at radius 2 is 1.61 bits per heavy atom. The quantitative estimate of drug-likeness (QED) is 0.168. The highest BCUT2D eigenvalue weighted by Gasteiger charge is 2.77. The van der Waals surface area contributed by atoms with E-state index >= 15 is 0 Å². The minimum atomic E-state index is -1.23. The first-order chi connectivity index (χ1) is 22.3. The van der Waals surface area contributed by atoms with Crippen LogP contribution in [0.2, 0.25) is 0 Å². The molecule has 2 aromatic carbocycles. The van der Waals surface area contributed by atoms with E-state index in [-0.39, 0.29) is 48.8 Å². The number of nitrogens with zero attached hydrogens (tertiary/aromatic N) is 3. The first-order valence-corrected chi connectivity index (χ1v) is 16.6. The summed E-state index contributed by atoms with van der Waals surface area (Å²) in [6.07, 6.45) is 4.03. The Kier molecular flexibility index (Phi) is 10.5. The SMILES string of the molecule is C=CCN(C(=O)C1N(CCCCO)C(=O)[C@@H]2[C@H](C(=O)N(CC=C)c3ccc(OCC)cc3)[C@H]3OC12CC3Br)c1ccc(OC)cc1. The van der Waals surface area contributed by atoms with Gasteiger partial charge in [0.1, 0.15) is 23.1 Å². The Hall–Kier alpha value is -3.67. The minimum Gasteiger partial charge on any atom is -0.497 e. The second-order valence-corrected chi connectivity index (χ2v) is 12.9. The van der Waals surface area contributed by atoms with Crippen molar-refractivity contribution < 1.29 is 33.7 Å². The van der Waals surface area contributed by atoms with Crippen molar-refractivity contribution in [1.82, 2.24) is 4.90 Å². The number of likely N-dealkylation sites (tertiary alicyclic amines) is 1. The molecule has 0 aliphatic carbocycles. The average molecular weight is 697 g/mol. The Morgan fingerprint density at radius 3 is 2.15 bits per heavy atom. The van der Waals surface area contributed by atoms with Gasteiger partial charge in [-0.3, -0.25) is 14.4 Å². The monoisotopic (exact) mass is 695 g/mol. The van der Waals surface area contributed by atoms with Gasteiger partial charge in [0.05, 0.1) is 31.7 Å². The van der Waals surface area contributed by atoms with Gasteiger partial charge >= 0.3 is 0 Å². The van der Waals surface area contributed by atoms with E-state index in [0.717, 1.165) is 0 Å². The van der Waals surface area contributed by atoms with Gasteiger partial charge in [-0.15, -0.1) is 13.2 Å². The Labute approximate surface area is 278 Å². The fourth-order valence-electron chi connectivity index (χ4n) is 7.21. The number of amides is 3. The zero-order chi connectivity index (χ0) is 33.0. The third kappa shape index (κ3) is 5.96. The molecule has 0 radical (unpaired) electrons. The standard InChI is InChI=1S/C35H42BrN3O7/c1-5-18-37(23-12-16-26(17-13-23)45-7-3)32(41)28-29-33(42)39(20-8-9-21-40)31(35(29)22-27(36)30(28)46-35)34(43)38(19-6-2)24-10-14-25(44-4)15-11-24/h5-6,10-17,27-31,40H,1-2,7-9,18-22H2,3-4H3/t27?,28-,29-,30-,31?,35?/m0/s1. The summed E-state index contributed by atoms with van der Waals surface area (Å²) in [5, 5.41) is 9.52. The number of halogens is 1. The van der Waals surface area contributed by atoms with Crippen molar-refractivity contribution in [2.45, 2.75) is 48.8 Å². The molecule has 0 saturated carbocycles. The number of aliphatic hydroxyl groups is 1. The van der Waals surface area contributed by atoms with E-state index < -0.39 is 29.6 Å². The summed E-state index contributed by atoms with van der Waals surface area (Å²) >= 11 is 3.77. The molecule has 11 heteroatoms. The van der Waals surface area contributed by atoms with Crippen molar-refractivity contribution in [3.8, 4) is 11.5 Å². The van der Waals surface area contributed by atoms with Gasteiger partial charge in [0.2, 0.25) is 11.8 Å². The summed E-state index contributed by atoms with van der Waals surface area (Å²) in [5.41, 5.74) is 0.0410. The van der Waals surface area contributed by atoms with Gasteiger partial charge in [0.15, 0.2) is 0 Å². The van der Waals surface area contributed by atoms with Crippen LogP contribution >= 0.6 is 15.9 Å². The molecule has 1 spiro atoms. The van der Waals surface area contributed by atoms with Gasteiger partial charge in [0, 0.05) is 42.4 Å². The average Bonchev–Trinajstić information content (AvgIpc) is 3.66. The summed E-state index contributed by atoms with van der Waals surface area (Å²) in [4.78, 5) is 48.3. The molecular formula is C35H42BrN3O7. The maximum absolute atomic E-state index is 14.7. The number of rotatable bonds is 15. The van der Waals surface area contributed by atoms with Gasteiger partial charge in [-0.25, -0.2) is 0 Å². The second kappa shape index (κ2) is 14.4. The number of hydrogen-bond acceptors (Lipinski definition) is 7. The molecule has 0 aromatic heterocycles. The second-order valence-electron chi connectivity index (χ2n) is 11.7. The van der Waals surface area contributed by atoms with Gasteiger partial charge in [-0.2, -0.15) is 0 Å². The van der Waals surface area contributed by atoms with Crippen LogP contribution < -0.4 is 19.3 Å². The van der Waals surface area contributed by atoms with Crippen LogP contribution in [0.4, 0.5) is 11.4 Å². The largest absolute Gasteiger partial charge is 0.497 e. The fraction of sp³-hybridized carbons (Fsp3) is 0.457. The lowest BCUT2D eigenvalue weighted by Crippen LogP contribution is -2.57. The van der Waals surface area contributed by atoms with Crippen molar-refractivity contribution in [3.63, 3.8) is 0 Å².